The molecule has 5 nitrogen and oxygen atoms in total. The second-order valence-electron chi connectivity index (χ2n) is 4.85. The molecule has 0 unspecified atom stereocenters. The molecule has 1 aromatic heterocycles. The van der Waals surface area contributed by atoms with Gasteiger partial charge in [-0.2, -0.15) is 0 Å². The van der Waals surface area contributed by atoms with Crippen LogP contribution >= 0.6 is 11.3 Å². The van der Waals surface area contributed by atoms with E-state index in [1.54, 1.807) is 20.0 Å². The van der Waals surface area contributed by atoms with Crippen LogP contribution in [0, 0.1) is 5.41 Å². The number of carbonyl (C=O) groups excluding carboxylic acids is 1. The first-order valence-electron chi connectivity index (χ1n) is 5.14. The Morgan fingerprint density at radius 1 is 1.35 bits per heavy atom. The highest BCUT2D eigenvalue weighted by molar-refractivity contribution is 7.09. The summed E-state index contributed by atoms with van der Waals surface area (Å²) < 4.78 is 0. The Labute approximate surface area is 104 Å². The predicted molar refractivity (Wildman–Crippen MR) is 64.7 cm³/mol. The molecule has 1 aromatic rings. The molecule has 0 atom stereocenters. The number of nitrogens with one attached hydrogen (secondary N) is 1. The summed E-state index contributed by atoms with van der Waals surface area (Å²) in [6.45, 7) is 6.34. The summed E-state index contributed by atoms with van der Waals surface area (Å²) in [4.78, 5) is 27.0. The summed E-state index contributed by atoms with van der Waals surface area (Å²) in [6, 6.07) is 0. The lowest BCUT2D eigenvalue weighted by Crippen LogP contribution is -2.49. The Bertz CT molecular complexity index is 424. The lowest BCUT2D eigenvalue weighted by atomic mass is 9.91. The Kier molecular flexibility index (Phi) is 3.56. The molecule has 0 aliphatic rings. The number of carboxylic acids is 1. The average Bonchev–Trinajstić information content (AvgIpc) is 2.69. The molecule has 0 aliphatic carbocycles. The minimum absolute atomic E-state index is 0.523. The van der Waals surface area contributed by atoms with Gasteiger partial charge in [-0.15, -0.1) is 11.3 Å². The highest BCUT2D eigenvalue weighted by atomic mass is 32.1. The van der Waals surface area contributed by atoms with Crippen molar-refractivity contribution in [1.82, 2.24) is 10.3 Å². The molecule has 0 aliphatic heterocycles. The van der Waals surface area contributed by atoms with Crippen molar-refractivity contribution in [1.29, 1.82) is 0 Å². The third-order valence-electron chi connectivity index (χ3n) is 2.50. The SMILES string of the molecule is CC(C)(C(=O)O)C(=O)NC(C)(C)c1nccs1. The highest BCUT2D eigenvalue weighted by Crippen LogP contribution is 2.24. The van der Waals surface area contributed by atoms with Crippen molar-refractivity contribution in [2.75, 3.05) is 0 Å². The van der Waals surface area contributed by atoms with Crippen molar-refractivity contribution in [3.63, 3.8) is 0 Å². The van der Waals surface area contributed by atoms with Gasteiger partial charge < -0.3 is 10.4 Å². The number of aliphatic carboxylic acids is 1. The number of amides is 1. The van der Waals surface area contributed by atoms with Crippen LogP contribution in [0.4, 0.5) is 0 Å². The number of thiazole rings is 1. The van der Waals surface area contributed by atoms with Gasteiger partial charge in [0.15, 0.2) is 0 Å². The van der Waals surface area contributed by atoms with Crippen LogP contribution in [-0.4, -0.2) is 22.0 Å². The zero-order valence-electron chi connectivity index (χ0n) is 10.3. The molecule has 17 heavy (non-hydrogen) atoms. The first-order chi connectivity index (χ1) is 7.68. The van der Waals surface area contributed by atoms with Crippen LogP contribution in [0.5, 0.6) is 0 Å². The Hall–Kier alpha value is -1.43. The summed E-state index contributed by atoms with van der Waals surface area (Å²) in [7, 11) is 0. The molecule has 0 radical (unpaired) electrons. The number of aromatic nitrogens is 1. The monoisotopic (exact) mass is 256 g/mol. The van der Waals surface area contributed by atoms with E-state index in [9.17, 15) is 9.59 Å². The van der Waals surface area contributed by atoms with Gasteiger partial charge in [-0.3, -0.25) is 9.59 Å². The molecule has 0 spiro atoms. The van der Waals surface area contributed by atoms with E-state index < -0.39 is 22.8 Å². The molecule has 0 bridgehead atoms. The van der Waals surface area contributed by atoms with Crippen LogP contribution < -0.4 is 5.32 Å². The van der Waals surface area contributed by atoms with E-state index in [0.717, 1.165) is 5.01 Å². The number of carboxylic acid groups (broad SMARTS) is 1. The normalized spacial score (nSPS) is 12.2. The number of hydrogen-bond acceptors (Lipinski definition) is 4. The van der Waals surface area contributed by atoms with Gasteiger partial charge >= 0.3 is 5.97 Å². The smallest absolute Gasteiger partial charge is 0.318 e. The summed E-state index contributed by atoms with van der Waals surface area (Å²) in [5, 5.41) is 14.2. The van der Waals surface area contributed by atoms with Gasteiger partial charge in [0.25, 0.3) is 0 Å². The molecule has 2 N–H and O–H groups in total. The van der Waals surface area contributed by atoms with Crippen molar-refractivity contribution in [3.8, 4) is 0 Å². The molecule has 1 amide bonds. The summed E-state index contributed by atoms with van der Waals surface area (Å²) in [6.07, 6.45) is 1.65. The molecule has 0 aromatic carbocycles. The van der Waals surface area contributed by atoms with E-state index in [0.29, 0.717) is 0 Å². The fraction of sp³-hybridized carbons (Fsp3) is 0.545. The van der Waals surface area contributed by atoms with Crippen molar-refractivity contribution < 1.29 is 14.7 Å². The predicted octanol–water partition coefficient (Wildman–Crippen LogP) is 1.61. The van der Waals surface area contributed by atoms with Crippen LogP contribution in [0.3, 0.4) is 0 Å². The second kappa shape index (κ2) is 4.44. The van der Waals surface area contributed by atoms with Crippen molar-refractivity contribution in [3.05, 3.63) is 16.6 Å². The molecule has 0 saturated heterocycles. The van der Waals surface area contributed by atoms with E-state index in [1.807, 2.05) is 5.38 Å². The summed E-state index contributed by atoms with van der Waals surface area (Å²) >= 11 is 1.42. The molecule has 0 fully saturated rings. The standard InChI is InChI=1S/C11H16N2O3S/c1-10(2,9(15)16)7(14)13-11(3,4)8-12-5-6-17-8/h5-6H,1-4H3,(H,13,14)(H,15,16). The molecule has 94 valence electrons. The number of carbonyl (C=O) groups is 2. The maximum Gasteiger partial charge on any atom is 0.318 e. The van der Waals surface area contributed by atoms with E-state index >= 15 is 0 Å². The fourth-order valence-electron chi connectivity index (χ4n) is 1.12. The molecule has 1 rings (SSSR count). The molecular weight excluding hydrogens is 240 g/mol. The number of nitrogens with zero attached hydrogens (tertiary/aromatic N) is 1. The fourth-order valence-corrected chi connectivity index (χ4v) is 1.84. The highest BCUT2D eigenvalue weighted by Gasteiger charge is 2.39. The van der Waals surface area contributed by atoms with Crippen molar-refractivity contribution >= 4 is 23.2 Å². The van der Waals surface area contributed by atoms with Gasteiger partial charge in [-0.1, -0.05) is 0 Å². The zero-order chi connectivity index (χ0) is 13.3. The number of rotatable bonds is 4. The summed E-state index contributed by atoms with van der Waals surface area (Å²) in [5.41, 5.74) is -2.12. The van der Waals surface area contributed by atoms with E-state index in [2.05, 4.69) is 10.3 Å². The third kappa shape index (κ3) is 2.82. The van der Waals surface area contributed by atoms with Gasteiger partial charge in [0.05, 0.1) is 5.54 Å². The maximum atomic E-state index is 11.9. The van der Waals surface area contributed by atoms with Gasteiger partial charge in [0.2, 0.25) is 5.91 Å². The third-order valence-corrected chi connectivity index (χ3v) is 3.59. The van der Waals surface area contributed by atoms with Crippen LogP contribution in [-0.2, 0) is 15.1 Å². The quantitative estimate of drug-likeness (QED) is 0.802. The van der Waals surface area contributed by atoms with Crippen LogP contribution in [0.1, 0.15) is 32.7 Å². The minimum Gasteiger partial charge on any atom is -0.480 e. The van der Waals surface area contributed by atoms with Crippen molar-refractivity contribution in [2.45, 2.75) is 33.2 Å². The van der Waals surface area contributed by atoms with Crippen molar-refractivity contribution in [2.24, 2.45) is 5.41 Å². The maximum absolute atomic E-state index is 11.9. The van der Waals surface area contributed by atoms with Gasteiger partial charge in [0, 0.05) is 11.6 Å². The Morgan fingerprint density at radius 3 is 2.35 bits per heavy atom. The van der Waals surface area contributed by atoms with E-state index in [1.165, 1.54) is 25.2 Å². The Balaban J connectivity index is 2.86. The summed E-state index contributed by atoms with van der Waals surface area (Å²) in [5.74, 6) is -1.67. The van der Waals surface area contributed by atoms with Gasteiger partial charge in [-0.05, 0) is 27.7 Å². The largest absolute Gasteiger partial charge is 0.480 e. The first kappa shape index (κ1) is 13.6. The average molecular weight is 256 g/mol. The van der Waals surface area contributed by atoms with Crippen LogP contribution in [0.15, 0.2) is 11.6 Å². The molecule has 1 heterocycles. The first-order valence-corrected chi connectivity index (χ1v) is 6.02. The van der Waals surface area contributed by atoms with E-state index in [4.69, 9.17) is 5.11 Å². The second-order valence-corrected chi connectivity index (χ2v) is 5.74. The minimum atomic E-state index is -1.45. The lowest BCUT2D eigenvalue weighted by molar-refractivity contribution is -0.154. The van der Waals surface area contributed by atoms with Gasteiger partial charge in [0.1, 0.15) is 10.4 Å². The number of hydrogen-bond donors (Lipinski definition) is 2. The van der Waals surface area contributed by atoms with E-state index in [-0.39, 0.29) is 0 Å². The van der Waals surface area contributed by atoms with Gasteiger partial charge in [-0.25, -0.2) is 4.98 Å². The molecular formula is C11H16N2O3S. The van der Waals surface area contributed by atoms with Crippen LogP contribution in [0.25, 0.3) is 0 Å². The van der Waals surface area contributed by atoms with Crippen LogP contribution in [0.2, 0.25) is 0 Å². The molecule has 0 saturated carbocycles. The molecule has 6 heteroatoms. The lowest BCUT2D eigenvalue weighted by Gasteiger charge is -2.28. The zero-order valence-corrected chi connectivity index (χ0v) is 11.1. The Morgan fingerprint density at radius 2 is 1.94 bits per heavy atom. The topological polar surface area (TPSA) is 79.3 Å².